The quantitative estimate of drug-likeness (QED) is 0.526. The number of fused-ring (bicyclic) bond motifs is 3. The average molecular weight is 525 g/mol. The molecule has 5 rings (SSSR count). The molecule has 1 aromatic heterocycles. The molecule has 2 atom stereocenters. The normalized spacial score (nSPS) is 30.6. The summed E-state index contributed by atoms with van der Waals surface area (Å²) in [6.07, 6.45) is 0.867. The predicted octanol–water partition coefficient (Wildman–Crippen LogP) is 1.20. The van der Waals surface area contributed by atoms with Gasteiger partial charge in [0, 0.05) is 36.5 Å². The van der Waals surface area contributed by atoms with E-state index in [0.717, 1.165) is 51.6 Å². The third kappa shape index (κ3) is 5.31. The third-order valence-electron chi connectivity index (χ3n) is 7.70. The zero-order chi connectivity index (χ0) is 21.4. The standard InChI is InChI=1S/C22H31F3N2O2S.BrH/c23-21(24,25)10-4-11-27-12-8-16(9-13-27)18(15-27)26-20(28)22(29,17-5-1-2-6-17)19-7-3-14-30-19;/h3,7,14,16-18,29H,1-2,4-6,8-13,15H2;1H/t16?,18-,22?,27?;/m0./s1. The van der Waals surface area contributed by atoms with E-state index in [-0.39, 0.29) is 41.3 Å². The van der Waals surface area contributed by atoms with Gasteiger partial charge in [0.15, 0.2) is 5.60 Å². The lowest BCUT2D eigenvalue weighted by atomic mass is 9.79. The molecule has 0 aromatic carbocycles. The Labute approximate surface area is 196 Å². The van der Waals surface area contributed by atoms with Crippen molar-refractivity contribution in [2.45, 2.75) is 69.2 Å². The second-order valence-electron chi connectivity index (χ2n) is 9.56. The van der Waals surface area contributed by atoms with Gasteiger partial charge in [-0.3, -0.25) is 4.79 Å². The number of piperidine rings is 3. The first-order valence-electron chi connectivity index (χ1n) is 11.2. The number of nitrogens with zero attached hydrogens (tertiary/aromatic N) is 1. The molecule has 4 nitrogen and oxygen atoms in total. The number of quaternary nitrogens is 1. The molecule has 1 saturated carbocycles. The second kappa shape index (κ2) is 9.69. The maximum absolute atomic E-state index is 13.4. The average Bonchev–Trinajstić information content (AvgIpc) is 3.41. The number of carbonyl (C=O) groups excluding carboxylic acids is 1. The van der Waals surface area contributed by atoms with Crippen LogP contribution in [0.4, 0.5) is 13.2 Å². The number of halogens is 4. The van der Waals surface area contributed by atoms with Gasteiger partial charge in [0.25, 0.3) is 5.91 Å². The molecular weight excluding hydrogens is 493 g/mol. The van der Waals surface area contributed by atoms with Crippen LogP contribution >= 0.6 is 11.3 Å². The summed E-state index contributed by atoms with van der Waals surface area (Å²) in [5, 5.41) is 16.7. The van der Waals surface area contributed by atoms with Gasteiger partial charge in [-0.1, -0.05) is 18.9 Å². The zero-order valence-corrected chi connectivity index (χ0v) is 20.1. The van der Waals surface area contributed by atoms with E-state index in [4.69, 9.17) is 0 Å². The van der Waals surface area contributed by atoms with Crippen molar-refractivity contribution in [1.29, 1.82) is 0 Å². The Kier molecular flexibility index (Phi) is 7.81. The summed E-state index contributed by atoms with van der Waals surface area (Å²) >= 11 is 1.41. The summed E-state index contributed by atoms with van der Waals surface area (Å²) in [5.74, 6) is -0.0380. The molecule has 1 amide bonds. The highest BCUT2D eigenvalue weighted by atomic mass is 79.9. The van der Waals surface area contributed by atoms with Gasteiger partial charge in [0.05, 0.1) is 32.2 Å². The van der Waals surface area contributed by atoms with Crippen LogP contribution in [0.2, 0.25) is 0 Å². The van der Waals surface area contributed by atoms with E-state index in [1.165, 1.54) is 11.3 Å². The van der Waals surface area contributed by atoms with Crippen molar-refractivity contribution in [3.05, 3.63) is 22.4 Å². The number of hydrogen-bond donors (Lipinski definition) is 2. The van der Waals surface area contributed by atoms with Crippen molar-refractivity contribution in [2.24, 2.45) is 11.8 Å². The monoisotopic (exact) mass is 524 g/mol. The summed E-state index contributed by atoms with van der Waals surface area (Å²) in [5.41, 5.74) is -1.50. The molecule has 4 fully saturated rings. The van der Waals surface area contributed by atoms with Crippen molar-refractivity contribution in [2.75, 3.05) is 26.2 Å². The molecule has 4 aliphatic rings. The SMILES string of the molecule is O=C(N[C@H]1C[N+]2(CCCC(F)(F)F)CCC1CC2)C(O)(c1cccs1)C1CCCC1.[Br-]. The van der Waals surface area contributed by atoms with E-state index >= 15 is 0 Å². The minimum atomic E-state index is -4.11. The van der Waals surface area contributed by atoms with Gasteiger partial charge in [-0.25, -0.2) is 0 Å². The largest absolute Gasteiger partial charge is 1.00 e. The molecule has 31 heavy (non-hydrogen) atoms. The molecule has 4 heterocycles. The second-order valence-corrected chi connectivity index (χ2v) is 10.5. The fraction of sp³-hybridized carbons (Fsp3) is 0.773. The van der Waals surface area contributed by atoms with Crippen LogP contribution in [0.5, 0.6) is 0 Å². The van der Waals surface area contributed by atoms with Crippen molar-refractivity contribution >= 4 is 17.2 Å². The number of thiophene rings is 1. The molecule has 0 radical (unpaired) electrons. The maximum atomic E-state index is 13.4. The summed E-state index contributed by atoms with van der Waals surface area (Å²) in [4.78, 5) is 14.1. The Hall–Kier alpha value is -0.640. The van der Waals surface area contributed by atoms with Crippen LogP contribution < -0.4 is 22.3 Å². The summed E-state index contributed by atoms with van der Waals surface area (Å²) in [7, 11) is 0. The van der Waals surface area contributed by atoms with Crippen molar-refractivity contribution in [1.82, 2.24) is 5.32 Å². The van der Waals surface area contributed by atoms with Crippen molar-refractivity contribution in [3.8, 4) is 0 Å². The summed E-state index contributed by atoms with van der Waals surface area (Å²) < 4.78 is 38.5. The number of rotatable bonds is 7. The first-order chi connectivity index (χ1) is 14.2. The van der Waals surface area contributed by atoms with Gasteiger partial charge in [-0.05, 0) is 30.2 Å². The van der Waals surface area contributed by atoms with E-state index < -0.39 is 18.2 Å². The molecule has 1 aliphatic carbocycles. The highest BCUT2D eigenvalue weighted by Crippen LogP contribution is 2.43. The van der Waals surface area contributed by atoms with E-state index in [1.807, 2.05) is 17.5 Å². The number of hydrogen-bond acceptors (Lipinski definition) is 3. The van der Waals surface area contributed by atoms with Crippen LogP contribution in [0.3, 0.4) is 0 Å². The fourth-order valence-electron chi connectivity index (χ4n) is 6.00. The van der Waals surface area contributed by atoms with Gasteiger partial charge >= 0.3 is 6.18 Å². The molecule has 3 aliphatic heterocycles. The van der Waals surface area contributed by atoms with Gasteiger partial charge in [-0.2, -0.15) is 13.2 Å². The van der Waals surface area contributed by atoms with E-state index in [0.29, 0.717) is 28.4 Å². The summed E-state index contributed by atoms with van der Waals surface area (Å²) in [6.45, 7) is 2.98. The van der Waals surface area contributed by atoms with Crippen LogP contribution in [-0.2, 0) is 10.4 Å². The topological polar surface area (TPSA) is 49.3 Å². The van der Waals surface area contributed by atoms with Crippen LogP contribution in [0.15, 0.2) is 17.5 Å². The zero-order valence-electron chi connectivity index (χ0n) is 17.7. The lowest BCUT2D eigenvalue weighted by Gasteiger charge is -2.53. The molecule has 2 N–H and O–H groups in total. The highest BCUT2D eigenvalue weighted by Gasteiger charge is 2.51. The molecule has 176 valence electrons. The van der Waals surface area contributed by atoms with Gasteiger partial charge < -0.3 is 31.9 Å². The van der Waals surface area contributed by atoms with Gasteiger partial charge in [-0.15, -0.1) is 11.3 Å². The van der Waals surface area contributed by atoms with Crippen molar-refractivity contribution in [3.63, 3.8) is 0 Å². The number of alkyl halides is 3. The van der Waals surface area contributed by atoms with E-state index in [1.54, 1.807) is 0 Å². The summed E-state index contributed by atoms with van der Waals surface area (Å²) in [6, 6.07) is 3.63. The lowest BCUT2D eigenvalue weighted by molar-refractivity contribution is -0.944. The molecule has 9 heteroatoms. The maximum Gasteiger partial charge on any atom is 0.389 e. The minimum Gasteiger partial charge on any atom is -1.00 e. The van der Waals surface area contributed by atoms with Crippen LogP contribution in [0.1, 0.15) is 56.2 Å². The number of aliphatic hydroxyl groups is 1. The van der Waals surface area contributed by atoms with Gasteiger partial charge in [0.1, 0.15) is 0 Å². The molecule has 3 saturated heterocycles. The first kappa shape index (κ1) is 25.0. The van der Waals surface area contributed by atoms with Crippen LogP contribution in [-0.4, -0.2) is 53.9 Å². The number of carbonyl (C=O) groups is 1. The minimum absolute atomic E-state index is 0. The fourth-order valence-corrected chi connectivity index (χ4v) is 6.90. The lowest BCUT2D eigenvalue weighted by Crippen LogP contribution is -3.00. The smallest absolute Gasteiger partial charge is 0.389 e. The Balaban J connectivity index is 0.00000272. The molecule has 1 aromatic rings. The van der Waals surface area contributed by atoms with Gasteiger partial charge in [0.2, 0.25) is 0 Å². The Morgan fingerprint density at radius 3 is 2.45 bits per heavy atom. The predicted molar refractivity (Wildman–Crippen MR) is 110 cm³/mol. The van der Waals surface area contributed by atoms with Crippen LogP contribution in [0.25, 0.3) is 0 Å². The highest BCUT2D eigenvalue weighted by molar-refractivity contribution is 7.10. The van der Waals surface area contributed by atoms with E-state index in [2.05, 4.69) is 5.32 Å². The number of amides is 1. The molecular formula is C22H32BrF3N2O2S. The number of nitrogens with one attached hydrogen (secondary N) is 1. The molecule has 2 bridgehead atoms. The molecule has 0 spiro atoms. The van der Waals surface area contributed by atoms with Crippen molar-refractivity contribution < 1.29 is 44.5 Å². The van der Waals surface area contributed by atoms with Crippen LogP contribution in [0, 0.1) is 11.8 Å². The molecule has 1 unspecified atom stereocenters. The van der Waals surface area contributed by atoms with E-state index in [9.17, 15) is 23.1 Å². The first-order valence-corrected chi connectivity index (χ1v) is 12.1. The Morgan fingerprint density at radius 2 is 1.87 bits per heavy atom. The third-order valence-corrected chi connectivity index (χ3v) is 8.69. The Bertz CT molecular complexity index is 732. The Morgan fingerprint density at radius 1 is 1.19 bits per heavy atom.